The van der Waals surface area contributed by atoms with Gasteiger partial charge in [0, 0.05) is 17.8 Å². The summed E-state index contributed by atoms with van der Waals surface area (Å²) in [4.78, 5) is 22.4. The van der Waals surface area contributed by atoms with Crippen LogP contribution in [0.3, 0.4) is 0 Å². The summed E-state index contributed by atoms with van der Waals surface area (Å²) in [5.41, 5.74) is 0.873. The van der Waals surface area contributed by atoms with E-state index in [0.29, 0.717) is 23.6 Å². The van der Waals surface area contributed by atoms with Crippen molar-refractivity contribution >= 4 is 34.6 Å². The van der Waals surface area contributed by atoms with E-state index < -0.39 is 10.8 Å². The number of nitrogens with one attached hydrogen (secondary N) is 2. The van der Waals surface area contributed by atoms with E-state index in [0.717, 1.165) is 0 Å². The fourth-order valence-corrected chi connectivity index (χ4v) is 2.15. The first-order valence-electron chi connectivity index (χ1n) is 7.10. The summed E-state index contributed by atoms with van der Waals surface area (Å²) in [6, 6.07) is 12.5. The predicted molar refractivity (Wildman–Crippen MR) is 94.4 cm³/mol. The Morgan fingerprint density at radius 3 is 2.50 bits per heavy atom. The number of nitrogens with zero attached hydrogens (tertiary/aromatic N) is 1. The van der Waals surface area contributed by atoms with Crippen molar-refractivity contribution in [2.45, 2.75) is 6.92 Å². The van der Waals surface area contributed by atoms with E-state index >= 15 is 0 Å². The number of anilines is 1. The number of non-ortho nitro benzene ring substituents is 1. The molecule has 0 spiro atoms. The molecular formula is C16H15N3O4S. The maximum Gasteiger partial charge on any atom is 0.269 e. The van der Waals surface area contributed by atoms with Crippen molar-refractivity contribution in [1.82, 2.24) is 5.32 Å². The average Bonchev–Trinajstić information content (AvgIpc) is 2.56. The van der Waals surface area contributed by atoms with Gasteiger partial charge in [0.15, 0.2) is 5.11 Å². The van der Waals surface area contributed by atoms with Crippen LogP contribution in [0, 0.1) is 10.1 Å². The summed E-state index contributed by atoms with van der Waals surface area (Å²) in [5, 5.41) is 16.0. The molecule has 0 bridgehead atoms. The predicted octanol–water partition coefficient (Wildman–Crippen LogP) is 3.12. The number of thiocarbonyl (C=S) groups is 1. The summed E-state index contributed by atoms with van der Waals surface area (Å²) in [7, 11) is 0. The Morgan fingerprint density at radius 1 is 1.21 bits per heavy atom. The Morgan fingerprint density at radius 2 is 1.88 bits per heavy atom. The lowest BCUT2D eigenvalue weighted by Crippen LogP contribution is -2.34. The van der Waals surface area contributed by atoms with Crippen LogP contribution in [0.2, 0.25) is 0 Å². The second-order valence-electron chi connectivity index (χ2n) is 4.64. The quantitative estimate of drug-likeness (QED) is 0.491. The normalized spacial score (nSPS) is 9.88. The third-order valence-corrected chi connectivity index (χ3v) is 3.20. The van der Waals surface area contributed by atoms with E-state index in [-0.39, 0.29) is 10.8 Å². The number of ether oxygens (including phenoxy) is 1. The molecule has 0 aliphatic carbocycles. The number of carbonyl (C=O) groups excluding carboxylic acids is 1. The summed E-state index contributed by atoms with van der Waals surface area (Å²) < 4.78 is 5.41. The number of hydrogen-bond donors (Lipinski definition) is 2. The van der Waals surface area contributed by atoms with E-state index in [4.69, 9.17) is 17.0 Å². The van der Waals surface area contributed by atoms with Crippen molar-refractivity contribution < 1.29 is 14.5 Å². The second-order valence-corrected chi connectivity index (χ2v) is 5.05. The maximum atomic E-state index is 12.3. The van der Waals surface area contributed by atoms with Crippen molar-refractivity contribution in [3.8, 4) is 5.75 Å². The molecule has 0 aliphatic heterocycles. The lowest BCUT2D eigenvalue weighted by molar-refractivity contribution is -0.384. The molecule has 0 aliphatic rings. The number of rotatable bonds is 5. The van der Waals surface area contributed by atoms with Crippen LogP contribution in [-0.4, -0.2) is 22.5 Å². The summed E-state index contributed by atoms with van der Waals surface area (Å²) in [6.45, 7) is 2.27. The minimum atomic E-state index is -0.492. The van der Waals surface area contributed by atoms with Crippen LogP contribution in [0.4, 0.5) is 11.4 Å². The van der Waals surface area contributed by atoms with Crippen LogP contribution in [0.15, 0.2) is 48.5 Å². The molecule has 2 aromatic carbocycles. The third-order valence-electron chi connectivity index (χ3n) is 2.99. The number of carbonyl (C=O) groups is 1. The molecule has 2 rings (SSSR count). The highest BCUT2D eigenvalue weighted by atomic mass is 32.1. The summed E-state index contributed by atoms with van der Waals surface area (Å²) >= 11 is 5.09. The standard InChI is InChI=1S/C16H15N3O4S/c1-2-23-14-6-4-3-5-13(14)15(20)18-16(24)17-11-7-9-12(10-8-11)19(21)22/h3-10H,2H2,1H3,(H2,17,18,20,24). The first-order valence-corrected chi connectivity index (χ1v) is 7.50. The van der Waals surface area contributed by atoms with E-state index in [2.05, 4.69) is 10.6 Å². The summed E-state index contributed by atoms with van der Waals surface area (Å²) in [6.07, 6.45) is 0. The third kappa shape index (κ3) is 4.50. The fourth-order valence-electron chi connectivity index (χ4n) is 1.93. The molecule has 1 amide bonds. The van der Waals surface area contributed by atoms with Crippen molar-refractivity contribution in [3.05, 3.63) is 64.2 Å². The van der Waals surface area contributed by atoms with Gasteiger partial charge in [0.1, 0.15) is 5.75 Å². The number of nitro groups is 1. The van der Waals surface area contributed by atoms with Gasteiger partial charge in [-0.3, -0.25) is 20.2 Å². The van der Waals surface area contributed by atoms with Crippen molar-refractivity contribution in [2.75, 3.05) is 11.9 Å². The van der Waals surface area contributed by atoms with Crippen LogP contribution in [-0.2, 0) is 0 Å². The highest BCUT2D eigenvalue weighted by Crippen LogP contribution is 2.18. The summed E-state index contributed by atoms with van der Waals surface area (Å²) in [5.74, 6) is 0.0640. The smallest absolute Gasteiger partial charge is 0.269 e. The van der Waals surface area contributed by atoms with Gasteiger partial charge >= 0.3 is 0 Å². The molecule has 24 heavy (non-hydrogen) atoms. The number of benzene rings is 2. The van der Waals surface area contributed by atoms with Gasteiger partial charge in [0.05, 0.1) is 17.1 Å². The average molecular weight is 345 g/mol. The van der Waals surface area contributed by atoms with Gasteiger partial charge in [-0.15, -0.1) is 0 Å². The SMILES string of the molecule is CCOc1ccccc1C(=O)NC(=S)Nc1ccc([N+](=O)[O-])cc1. The number of para-hydroxylation sites is 1. The van der Waals surface area contributed by atoms with Gasteiger partial charge in [0.25, 0.3) is 11.6 Å². The van der Waals surface area contributed by atoms with E-state index in [1.165, 1.54) is 24.3 Å². The van der Waals surface area contributed by atoms with Crippen LogP contribution >= 0.6 is 12.2 Å². The van der Waals surface area contributed by atoms with Gasteiger partial charge < -0.3 is 10.1 Å². The molecule has 0 atom stereocenters. The molecule has 2 N–H and O–H groups in total. The topological polar surface area (TPSA) is 93.5 Å². The van der Waals surface area contributed by atoms with E-state index in [9.17, 15) is 14.9 Å². The molecule has 2 aromatic rings. The zero-order chi connectivity index (χ0) is 17.5. The van der Waals surface area contributed by atoms with Crippen LogP contribution < -0.4 is 15.4 Å². The molecule has 0 saturated carbocycles. The van der Waals surface area contributed by atoms with Gasteiger partial charge in [-0.25, -0.2) is 0 Å². The molecular weight excluding hydrogens is 330 g/mol. The van der Waals surface area contributed by atoms with Crippen LogP contribution in [0.25, 0.3) is 0 Å². The monoisotopic (exact) mass is 345 g/mol. The molecule has 0 aromatic heterocycles. The molecule has 124 valence electrons. The number of hydrogen-bond acceptors (Lipinski definition) is 5. The van der Waals surface area contributed by atoms with E-state index in [1.54, 1.807) is 24.3 Å². The zero-order valence-corrected chi connectivity index (χ0v) is 13.6. The van der Waals surface area contributed by atoms with Gasteiger partial charge in [-0.05, 0) is 43.4 Å². The Balaban J connectivity index is 2.01. The second kappa shape index (κ2) is 8.02. The van der Waals surface area contributed by atoms with Gasteiger partial charge in [0.2, 0.25) is 0 Å². The molecule has 0 saturated heterocycles. The van der Waals surface area contributed by atoms with Crippen LogP contribution in [0.1, 0.15) is 17.3 Å². The number of nitro benzene ring substituents is 1. The molecule has 0 unspecified atom stereocenters. The lowest BCUT2D eigenvalue weighted by Gasteiger charge is -2.12. The van der Waals surface area contributed by atoms with E-state index in [1.807, 2.05) is 6.92 Å². The lowest BCUT2D eigenvalue weighted by atomic mass is 10.2. The van der Waals surface area contributed by atoms with Crippen molar-refractivity contribution in [1.29, 1.82) is 0 Å². The van der Waals surface area contributed by atoms with Gasteiger partial charge in [-0.1, -0.05) is 12.1 Å². The highest BCUT2D eigenvalue weighted by molar-refractivity contribution is 7.80. The zero-order valence-electron chi connectivity index (χ0n) is 12.8. The molecule has 7 nitrogen and oxygen atoms in total. The number of amides is 1. The Bertz CT molecular complexity index is 762. The van der Waals surface area contributed by atoms with Crippen molar-refractivity contribution in [2.24, 2.45) is 0 Å². The maximum absolute atomic E-state index is 12.3. The fraction of sp³-hybridized carbons (Fsp3) is 0.125. The highest BCUT2D eigenvalue weighted by Gasteiger charge is 2.13. The first kappa shape index (κ1) is 17.4. The minimum Gasteiger partial charge on any atom is -0.493 e. The Hall–Kier alpha value is -3.00. The molecule has 0 radical (unpaired) electrons. The first-order chi connectivity index (χ1) is 11.5. The van der Waals surface area contributed by atoms with Gasteiger partial charge in [-0.2, -0.15) is 0 Å². The largest absolute Gasteiger partial charge is 0.493 e. The molecule has 8 heteroatoms. The Kier molecular flexibility index (Phi) is 5.80. The molecule has 0 fully saturated rings. The minimum absolute atomic E-state index is 0.0267. The van der Waals surface area contributed by atoms with Crippen LogP contribution in [0.5, 0.6) is 5.75 Å². The molecule has 0 heterocycles. The van der Waals surface area contributed by atoms with Crippen molar-refractivity contribution in [3.63, 3.8) is 0 Å². The Labute approximate surface area is 143 Å².